The zero-order valence-electron chi connectivity index (χ0n) is 17.4. The molecule has 7 nitrogen and oxygen atoms in total. The largest absolute Gasteiger partial charge is 0.444 e. The summed E-state index contributed by atoms with van der Waals surface area (Å²) in [5, 5.41) is 9.47. The van der Waals surface area contributed by atoms with Gasteiger partial charge < -0.3 is 25.4 Å². The number of alkyl carbamates (subject to hydrolysis) is 1. The lowest BCUT2D eigenvalue weighted by Gasteiger charge is -2.26. The Bertz CT molecular complexity index is 443. The Balaban J connectivity index is 2.24. The molecule has 0 aromatic rings. The van der Waals surface area contributed by atoms with Crippen LogP contribution in [0.1, 0.15) is 53.9 Å². The average molecular weight is 371 g/mol. The van der Waals surface area contributed by atoms with Gasteiger partial charge in [0.15, 0.2) is 5.96 Å². The zero-order chi connectivity index (χ0) is 19.6. The number of hydrogen-bond acceptors (Lipinski definition) is 4. The van der Waals surface area contributed by atoms with Gasteiger partial charge in [-0.3, -0.25) is 4.99 Å². The molecule has 1 aliphatic carbocycles. The Morgan fingerprint density at radius 3 is 2.46 bits per heavy atom. The van der Waals surface area contributed by atoms with Crippen LogP contribution in [-0.4, -0.2) is 57.0 Å². The van der Waals surface area contributed by atoms with Crippen molar-refractivity contribution in [3.63, 3.8) is 0 Å². The van der Waals surface area contributed by atoms with Crippen LogP contribution in [-0.2, 0) is 9.47 Å². The molecule has 1 unspecified atom stereocenters. The number of hydrogen-bond donors (Lipinski definition) is 3. The van der Waals surface area contributed by atoms with E-state index in [0.29, 0.717) is 6.54 Å². The van der Waals surface area contributed by atoms with Crippen LogP contribution >= 0.6 is 0 Å². The molecule has 1 atom stereocenters. The molecule has 1 aliphatic rings. The van der Waals surface area contributed by atoms with Crippen molar-refractivity contribution in [2.24, 2.45) is 16.8 Å². The first kappa shape index (κ1) is 22.5. The second-order valence-corrected chi connectivity index (χ2v) is 8.25. The van der Waals surface area contributed by atoms with Gasteiger partial charge in [-0.2, -0.15) is 0 Å². The number of rotatable bonds is 10. The lowest BCUT2D eigenvalue weighted by Crippen LogP contribution is -2.50. The molecule has 0 aliphatic heterocycles. The summed E-state index contributed by atoms with van der Waals surface area (Å²) < 4.78 is 11.0. The molecule has 26 heavy (non-hydrogen) atoms. The molecule has 0 bridgehead atoms. The molecule has 0 spiro atoms. The molecular formula is C19H38N4O3. The van der Waals surface area contributed by atoms with E-state index >= 15 is 0 Å². The summed E-state index contributed by atoms with van der Waals surface area (Å²) >= 11 is 0. The van der Waals surface area contributed by atoms with E-state index in [-0.39, 0.29) is 12.0 Å². The summed E-state index contributed by atoms with van der Waals surface area (Å²) in [6, 6.07) is -0.0507. The Morgan fingerprint density at radius 1 is 1.23 bits per heavy atom. The SMILES string of the molecule is CN=C(NCCCOCC1CC1)NCC(NC(=O)OC(C)(C)C)C(C)C. The summed E-state index contributed by atoms with van der Waals surface area (Å²) in [5.74, 6) is 1.80. The Morgan fingerprint density at radius 2 is 1.92 bits per heavy atom. The molecule has 0 heterocycles. The van der Waals surface area contributed by atoms with Crippen LogP contribution in [0.4, 0.5) is 4.79 Å². The third kappa shape index (κ3) is 11.2. The zero-order valence-corrected chi connectivity index (χ0v) is 17.4. The first-order valence-electron chi connectivity index (χ1n) is 9.73. The normalized spacial score (nSPS) is 16.3. The Labute approximate surface area is 158 Å². The maximum Gasteiger partial charge on any atom is 0.407 e. The van der Waals surface area contributed by atoms with Gasteiger partial charge in [0.05, 0.1) is 6.04 Å². The van der Waals surface area contributed by atoms with Crippen molar-refractivity contribution < 1.29 is 14.3 Å². The highest BCUT2D eigenvalue weighted by atomic mass is 16.6. The first-order chi connectivity index (χ1) is 12.2. The third-order valence-corrected chi connectivity index (χ3v) is 4.03. The monoisotopic (exact) mass is 370 g/mol. The summed E-state index contributed by atoms with van der Waals surface area (Å²) in [6.45, 7) is 12.8. The number of nitrogens with zero attached hydrogens (tertiary/aromatic N) is 1. The van der Waals surface area contributed by atoms with Gasteiger partial charge in [0.1, 0.15) is 5.60 Å². The summed E-state index contributed by atoms with van der Waals surface area (Å²) in [7, 11) is 1.74. The smallest absolute Gasteiger partial charge is 0.407 e. The number of ether oxygens (including phenoxy) is 2. The van der Waals surface area contributed by atoms with Gasteiger partial charge in [0, 0.05) is 33.4 Å². The van der Waals surface area contributed by atoms with Gasteiger partial charge in [0.25, 0.3) is 0 Å². The molecule has 152 valence electrons. The van der Waals surface area contributed by atoms with E-state index in [4.69, 9.17) is 9.47 Å². The predicted molar refractivity (Wildman–Crippen MR) is 106 cm³/mol. The van der Waals surface area contributed by atoms with Crippen molar-refractivity contribution in [1.29, 1.82) is 0 Å². The molecule has 0 aromatic carbocycles. The van der Waals surface area contributed by atoms with Crippen LogP contribution in [0.2, 0.25) is 0 Å². The van der Waals surface area contributed by atoms with Gasteiger partial charge in [-0.15, -0.1) is 0 Å². The minimum absolute atomic E-state index is 0.0507. The van der Waals surface area contributed by atoms with Crippen molar-refractivity contribution in [2.75, 3.05) is 33.4 Å². The topological polar surface area (TPSA) is 84.0 Å². The number of carbonyl (C=O) groups is 1. The number of nitrogens with one attached hydrogen (secondary N) is 3. The van der Waals surface area contributed by atoms with Gasteiger partial charge in [0.2, 0.25) is 0 Å². The highest BCUT2D eigenvalue weighted by Crippen LogP contribution is 2.28. The highest BCUT2D eigenvalue weighted by molar-refractivity contribution is 5.79. The van der Waals surface area contributed by atoms with Crippen LogP contribution in [0.15, 0.2) is 4.99 Å². The second kappa shape index (κ2) is 11.3. The number of guanidine groups is 1. The summed E-state index contributed by atoms with van der Waals surface area (Å²) in [6.07, 6.45) is 3.19. The van der Waals surface area contributed by atoms with Crippen molar-refractivity contribution in [1.82, 2.24) is 16.0 Å². The van der Waals surface area contributed by atoms with Crippen molar-refractivity contribution >= 4 is 12.1 Å². The van der Waals surface area contributed by atoms with E-state index in [2.05, 4.69) is 34.8 Å². The van der Waals surface area contributed by atoms with Crippen LogP contribution in [0, 0.1) is 11.8 Å². The predicted octanol–water partition coefficient (Wildman–Crippen LogP) is 2.52. The maximum absolute atomic E-state index is 12.0. The van der Waals surface area contributed by atoms with E-state index in [1.54, 1.807) is 7.05 Å². The quantitative estimate of drug-likeness (QED) is 0.313. The van der Waals surface area contributed by atoms with Crippen LogP contribution in [0.5, 0.6) is 0 Å². The van der Waals surface area contributed by atoms with E-state index < -0.39 is 11.7 Å². The second-order valence-electron chi connectivity index (χ2n) is 8.25. The molecule has 0 saturated heterocycles. The maximum atomic E-state index is 12.0. The van der Waals surface area contributed by atoms with E-state index in [1.807, 2.05) is 20.8 Å². The van der Waals surface area contributed by atoms with Gasteiger partial charge in [-0.1, -0.05) is 13.8 Å². The summed E-state index contributed by atoms with van der Waals surface area (Å²) in [5.41, 5.74) is -0.502. The molecule has 3 N–H and O–H groups in total. The van der Waals surface area contributed by atoms with Gasteiger partial charge >= 0.3 is 6.09 Å². The molecule has 1 fully saturated rings. The lowest BCUT2D eigenvalue weighted by atomic mass is 10.0. The van der Waals surface area contributed by atoms with E-state index in [1.165, 1.54) is 12.8 Å². The average Bonchev–Trinajstić information content (AvgIpc) is 3.34. The third-order valence-electron chi connectivity index (χ3n) is 4.03. The number of carbonyl (C=O) groups excluding carboxylic acids is 1. The van der Waals surface area contributed by atoms with Gasteiger partial charge in [-0.05, 0) is 51.9 Å². The van der Waals surface area contributed by atoms with E-state index in [9.17, 15) is 4.79 Å². The van der Waals surface area contributed by atoms with Gasteiger partial charge in [-0.25, -0.2) is 4.79 Å². The molecule has 1 saturated carbocycles. The molecule has 7 heteroatoms. The highest BCUT2D eigenvalue weighted by Gasteiger charge is 2.22. The van der Waals surface area contributed by atoms with E-state index in [0.717, 1.165) is 38.1 Å². The first-order valence-corrected chi connectivity index (χ1v) is 9.73. The fourth-order valence-corrected chi connectivity index (χ4v) is 2.26. The Hall–Kier alpha value is -1.50. The van der Waals surface area contributed by atoms with Crippen molar-refractivity contribution in [3.8, 4) is 0 Å². The van der Waals surface area contributed by atoms with Crippen LogP contribution < -0.4 is 16.0 Å². The van der Waals surface area contributed by atoms with Crippen molar-refractivity contribution in [3.05, 3.63) is 0 Å². The lowest BCUT2D eigenvalue weighted by molar-refractivity contribution is 0.0491. The minimum atomic E-state index is -0.502. The minimum Gasteiger partial charge on any atom is -0.444 e. The standard InChI is InChI=1S/C19H38N4O3/c1-14(2)16(23-18(24)26-19(3,4)5)12-22-17(20-6)21-10-7-11-25-13-15-8-9-15/h14-16H,7-13H2,1-6H3,(H,23,24)(H2,20,21,22). The Kier molecular flexibility index (Phi) is 9.76. The molecular weight excluding hydrogens is 332 g/mol. The summed E-state index contributed by atoms with van der Waals surface area (Å²) in [4.78, 5) is 16.2. The molecule has 0 radical (unpaired) electrons. The number of amides is 1. The molecule has 1 amide bonds. The number of aliphatic imine (C=N–C) groups is 1. The van der Waals surface area contributed by atoms with Crippen LogP contribution in [0.25, 0.3) is 0 Å². The van der Waals surface area contributed by atoms with Crippen molar-refractivity contribution in [2.45, 2.75) is 65.5 Å². The molecule has 0 aromatic heterocycles. The molecule has 1 rings (SSSR count). The van der Waals surface area contributed by atoms with Crippen LogP contribution in [0.3, 0.4) is 0 Å². The fraction of sp³-hybridized carbons (Fsp3) is 0.895. The fourth-order valence-electron chi connectivity index (χ4n) is 2.26.